The van der Waals surface area contributed by atoms with Crippen molar-refractivity contribution in [2.45, 2.75) is 0 Å². The van der Waals surface area contributed by atoms with Crippen molar-refractivity contribution >= 4 is 82.5 Å². The number of anilines is 3. The Morgan fingerprint density at radius 2 is 1.04 bits per heavy atom. The molecule has 0 fully saturated rings. The lowest BCUT2D eigenvalue weighted by Crippen LogP contribution is -2.10. The van der Waals surface area contributed by atoms with Crippen LogP contribution in [-0.2, 0) is 0 Å². The van der Waals surface area contributed by atoms with Crippen molar-refractivity contribution in [2.75, 3.05) is 4.90 Å². The molecule has 3 nitrogen and oxygen atoms in total. The highest BCUT2D eigenvalue weighted by atomic mass is 16.3. The van der Waals surface area contributed by atoms with Gasteiger partial charge in [-0.15, -0.1) is 0 Å². The summed E-state index contributed by atoms with van der Waals surface area (Å²) in [6.45, 7) is 0. The maximum absolute atomic E-state index is 9.77. The fourth-order valence-corrected chi connectivity index (χ4v) is 7.94. The molecule has 0 atom stereocenters. The highest BCUT2D eigenvalue weighted by molar-refractivity contribution is 6.20. The molecule has 0 spiro atoms. The first-order valence-corrected chi connectivity index (χ1v) is 17.7. The van der Waals surface area contributed by atoms with E-state index in [1.165, 1.54) is 0 Å². The second-order valence-electron chi connectivity index (χ2n) is 13.3. The Balaban J connectivity index is 1.21. The van der Waals surface area contributed by atoms with E-state index >= 15 is 0 Å². The summed E-state index contributed by atoms with van der Waals surface area (Å²) in [5.74, 6) is 0. The average Bonchev–Trinajstić information content (AvgIpc) is 3.84. The molecule has 0 unspecified atom stereocenters. The van der Waals surface area contributed by atoms with E-state index < -0.39 is 0 Å². The van der Waals surface area contributed by atoms with Crippen LogP contribution in [0.2, 0.25) is 0 Å². The standard InChI is InChI=1S/C50H31NO2/c1-3-16-38-32(11-1)13-8-19-39(38)35-14-7-15-37(31-35)51(44-21-10-24-47-49(44)43-30-27-33-12-2-4-17-41(33)50(43)53-47)36-28-25-34(26-29-36)40-20-9-23-46-48(40)42-18-5-6-22-45(42)52-46/h1-31H/i25D,26D,28D,29D. The summed E-state index contributed by atoms with van der Waals surface area (Å²) in [4.78, 5) is 1.87. The summed E-state index contributed by atoms with van der Waals surface area (Å²) in [5, 5.41) is 7.56. The topological polar surface area (TPSA) is 29.5 Å². The first-order valence-electron chi connectivity index (χ1n) is 19.7. The van der Waals surface area contributed by atoms with Crippen LogP contribution in [0.15, 0.2) is 197 Å². The van der Waals surface area contributed by atoms with E-state index in [2.05, 4.69) is 66.7 Å². The van der Waals surface area contributed by atoms with E-state index in [4.69, 9.17) is 8.83 Å². The summed E-state index contributed by atoms with van der Waals surface area (Å²) in [6, 6.07) is 53.3. The zero-order valence-electron chi connectivity index (χ0n) is 32.4. The molecule has 0 aliphatic rings. The molecule has 2 aromatic heterocycles. The van der Waals surface area contributed by atoms with E-state index in [9.17, 15) is 5.48 Å². The van der Waals surface area contributed by atoms with Crippen molar-refractivity contribution in [1.82, 2.24) is 0 Å². The molecular weight excluding hydrogens is 647 g/mol. The molecular formula is C50H31NO2. The summed E-state index contributed by atoms with van der Waals surface area (Å²) in [6.07, 6.45) is 0. The zero-order valence-corrected chi connectivity index (χ0v) is 28.4. The third-order valence-electron chi connectivity index (χ3n) is 10.3. The lowest BCUT2D eigenvalue weighted by atomic mass is 9.97. The zero-order chi connectivity index (χ0) is 38.4. The van der Waals surface area contributed by atoms with Crippen molar-refractivity contribution in [1.29, 1.82) is 0 Å². The average molecular weight is 682 g/mol. The quantitative estimate of drug-likeness (QED) is 0.181. The molecule has 11 rings (SSSR count). The number of rotatable bonds is 5. The summed E-state index contributed by atoms with van der Waals surface area (Å²) >= 11 is 0. The first-order chi connectivity index (χ1) is 28.0. The molecule has 2 heterocycles. The van der Waals surface area contributed by atoms with Gasteiger partial charge in [-0.05, 0) is 93.0 Å². The third-order valence-corrected chi connectivity index (χ3v) is 10.3. The molecule has 3 heteroatoms. The molecule has 53 heavy (non-hydrogen) atoms. The summed E-state index contributed by atoms with van der Waals surface area (Å²) in [5.41, 5.74) is 7.00. The van der Waals surface area contributed by atoms with Crippen molar-refractivity contribution in [3.8, 4) is 22.3 Å². The van der Waals surface area contributed by atoms with Gasteiger partial charge in [-0.3, -0.25) is 0 Å². The van der Waals surface area contributed by atoms with E-state index in [1.54, 1.807) is 0 Å². The SMILES string of the molecule is [2H]c1c([2H])c(N(c2cccc(-c3cccc4ccccc34)c2)c2cccc3oc4c5ccccc5ccc4c23)c([2H])c([2H])c1-c1cccc2oc3ccccc3c12. The molecule has 0 bridgehead atoms. The van der Waals surface area contributed by atoms with Crippen LogP contribution in [-0.4, -0.2) is 0 Å². The molecule has 0 radical (unpaired) electrons. The minimum Gasteiger partial charge on any atom is -0.456 e. The van der Waals surface area contributed by atoms with Crippen molar-refractivity contribution in [2.24, 2.45) is 0 Å². The summed E-state index contributed by atoms with van der Waals surface area (Å²) < 4.78 is 51.6. The largest absolute Gasteiger partial charge is 0.456 e. The fourth-order valence-electron chi connectivity index (χ4n) is 7.94. The van der Waals surface area contributed by atoms with Gasteiger partial charge < -0.3 is 13.7 Å². The molecule has 0 aliphatic carbocycles. The predicted molar refractivity (Wildman–Crippen MR) is 222 cm³/mol. The van der Waals surface area contributed by atoms with Crippen molar-refractivity contribution in [3.63, 3.8) is 0 Å². The number of fused-ring (bicyclic) bond motifs is 9. The van der Waals surface area contributed by atoms with Gasteiger partial charge in [0, 0.05) is 32.9 Å². The number of nitrogens with zero attached hydrogens (tertiary/aromatic N) is 1. The highest BCUT2D eigenvalue weighted by Crippen LogP contribution is 2.46. The molecule has 248 valence electrons. The van der Waals surface area contributed by atoms with Gasteiger partial charge in [0.05, 0.1) is 16.6 Å². The van der Waals surface area contributed by atoms with Crippen LogP contribution in [0, 0.1) is 0 Å². The molecule has 11 aromatic rings. The second kappa shape index (κ2) is 11.7. The molecule has 9 aromatic carbocycles. The maximum atomic E-state index is 9.77. The van der Waals surface area contributed by atoms with Crippen molar-refractivity contribution in [3.05, 3.63) is 188 Å². The molecule has 0 aliphatic heterocycles. The van der Waals surface area contributed by atoms with Gasteiger partial charge >= 0.3 is 0 Å². The normalized spacial score (nSPS) is 12.8. The Hall–Kier alpha value is -7.10. The van der Waals surface area contributed by atoms with Gasteiger partial charge in [-0.2, -0.15) is 0 Å². The van der Waals surface area contributed by atoms with Gasteiger partial charge in [0.15, 0.2) is 0 Å². The summed E-state index contributed by atoms with van der Waals surface area (Å²) in [7, 11) is 0. The van der Waals surface area contributed by atoms with E-state index in [0.29, 0.717) is 33.7 Å². The second-order valence-corrected chi connectivity index (χ2v) is 13.3. The van der Waals surface area contributed by atoms with Gasteiger partial charge in [0.25, 0.3) is 0 Å². The van der Waals surface area contributed by atoms with Crippen molar-refractivity contribution < 1.29 is 14.3 Å². The number of hydrogen-bond acceptors (Lipinski definition) is 3. The Labute approximate surface area is 311 Å². The van der Waals surface area contributed by atoms with E-state index in [-0.39, 0.29) is 35.4 Å². The highest BCUT2D eigenvalue weighted by Gasteiger charge is 2.21. The van der Waals surface area contributed by atoms with Gasteiger partial charge in [0.2, 0.25) is 0 Å². The number of benzene rings is 9. The molecule has 0 saturated carbocycles. The number of furan rings is 2. The minimum absolute atomic E-state index is 0.135. The third kappa shape index (κ3) is 4.68. The first kappa shape index (κ1) is 25.8. The lowest BCUT2D eigenvalue weighted by molar-refractivity contribution is 0.669. The van der Waals surface area contributed by atoms with Crippen LogP contribution >= 0.6 is 0 Å². The van der Waals surface area contributed by atoms with E-state index in [0.717, 1.165) is 59.8 Å². The van der Waals surface area contributed by atoms with Crippen LogP contribution in [0.3, 0.4) is 0 Å². The smallest absolute Gasteiger partial charge is 0.143 e. The van der Waals surface area contributed by atoms with Crippen LogP contribution in [0.4, 0.5) is 17.1 Å². The Morgan fingerprint density at radius 1 is 0.396 bits per heavy atom. The predicted octanol–water partition coefficient (Wildman–Crippen LogP) is 14.6. The lowest BCUT2D eigenvalue weighted by Gasteiger charge is -2.27. The Bertz CT molecular complexity index is 3400. The Morgan fingerprint density at radius 3 is 1.91 bits per heavy atom. The van der Waals surface area contributed by atoms with Gasteiger partial charge in [0.1, 0.15) is 22.3 Å². The fraction of sp³-hybridized carbons (Fsp3) is 0. The molecule has 0 saturated heterocycles. The van der Waals surface area contributed by atoms with Gasteiger partial charge in [-0.1, -0.05) is 133 Å². The van der Waals surface area contributed by atoms with Gasteiger partial charge in [-0.25, -0.2) is 0 Å². The van der Waals surface area contributed by atoms with Crippen LogP contribution in [0.25, 0.3) is 87.7 Å². The van der Waals surface area contributed by atoms with E-state index in [1.807, 2.05) is 102 Å². The molecule has 0 amide bonds. The number of para-hydroxylation sites is 1. The minimum atomic E-state index is -0.165. The van der Waals surface area contributed by atoms with Crippen LogP contribution < -0.4 is 4.90 Å². The monoisotopic (exact) mass is 681 g/mol. The maximum Gasteiger partial charge on any atom is 0.143 e. The number of hydrogen-bond donors (Lipinski definition) is 0. The Kier molecular flexibility index (Phi) is 5.71. The molecule has 0 N–H and O–H groups in total. The van der Waals surface area contributed by atoms with Crippen LogP contribution in [0.1, 0.15) is 5.48 Å². The van der Waals surface area contributed by atoms with Crippen LogP contribution in [0.5, 0.6) is 0 Å².